The van der Waals surface area contributed by atoms with Crippen molar-refractivity contribution in [2.24, 2.45) is 5.92 Å². The fourth-order valence-corrected chi connectivity index (χ4v) is 2.49. The molecule has 114 valence electrons. The first-order valence-electron chi connectivity index (χ1n) is 7.45. The number of carboxylic acids is 1. The Morgan fingerprint density at radius 1 is 1.33 bits per heavy atom. The highest BCUT2D eigenvalue weighted by molar-refractivity contribution is 5.83. The van der Waals surface area contributed by atoms with Crippen LogP contribution >= 0.6 is 0 Å². The molecular formula is C16H22N2O3. The number of rotatable bonds is 6. The maximum Gasteiger partial charge on any atom is 0.330 e. The summed E-state index contributed by atoms with van der Waals surface area (Å²) in [7, 11) is 0. The van der Waals surface area contributed by atoms with E-state index in [2.05, 4.69) is 5.32 Å². The molecule has 0 heterocycles. The zero-order valence-electron chi connectivity index (χ0n) is 12.3. The van der Waals surface area contributed by atoms with Crippen LogP contribution < -0.4 is 5.32 Å². The molecule has 0 radical (unpaired) electrons. The first-order chi connectivity index (χ1) is 10.1. The predicted octanol–water partition coefficient (Wildman–Crippen LogP) is 2.64. The number of nitrogens with one attached hydrogen (secondary N) is 1. The lowest BCUT2D eigenvalue weighted by molar-refractivity contribution is -0.139. The van der Waals surface area contributed by atoms with Gasteiger partial charge in [0.25, 0.3) is 0 Å². The van der Waals surface area contributed by atoms with Gasteiger partial charge in [-0.15, -0.1) is 0 Å². The van der Waals surface area contributed by atoms with Crippen LogP contribution in [-0.2, 0) is 4.79 Å². The number of benzene rings is 1. The normalized spacial score (nSPS) is 15.9. The first kappa shape index (κ1) is 15.4. The van der Waals surface area contributed by atoms with Gasteiger partial charge in [0.1, 0.15) is 0 Å². The summed E-state index contributed by atoms with van der Waals surface area (Å²) in [6, 6.07) is 7.46. The van der Waals surface area contributed by atoms with Gasteiger partial charge in [0.2, 0.25) is 0 Å². The Morgan fingerprint density at radius 3 is 2.48 bits per heavy atom. The van der Waals surface area contributed by atoms with Crippen molar-refractivity contribution in [3.05, 3.63) is 35.9 Å². The Bertz CT molecular complexity index is 486. The van der Waals surface area contributed by atoms with Crippen molar-refractivity contribution >= 4 is 12.0 Å². The first-order valence-corrected chi connectivity index (χ1v) is 7.45. The fourth-order valence-electron chi connectivity index (χ4n) is 2.49. The minimum atomic E-state index is -1.05. The molecule has 1 atom stereocenters. The molecule has 2 N–H and O–H groups in total. The van der Waals surface area contributed by atoms with Crippen molar-refractivity contribution < 1.29 is 14.7 Å². The van der Waals surface area contributed by atoms with Gasteiger partial charge < -0.3 is 15.3 Å². The topological polar surface area (TPSA) is 69.6 Å². The molecule has 5 heteroatoms. The van der Waals surface area contributed by atoms with Crippen LogP contribution in [0.15, 0.2) is 30.3 Å². The number of amides is 2. The van der Waals surface area contributed by atoms with Gasteiger partial charge in [0.15, 0.2) is 6.04 Å². The van der Waals surface area contributed by atoms with E-state index < -0.39 is 12.0 Å². The second kappa shape index (κ2) is 7.11. The number of aliphatic carboxylic acids is 1. The average Bonchev–Trinajstić information content (AvgIpc) is 2.44. The molecule has 0 saturated heterocycles. The van der Waals surface area contributed by atoms with E-state index in [0.29, 0.717) is 24.6 Å². The molecule has 1 aromatic rings. The SMILES string of the molecule is CCN(CC1CCC1)C(=O)NC(C(=O)O)c1ccccc1. The van der Waals surface area contributed by atoms with Gasteiger partial charge in [0.05, 0.1) is 0 Å². The van der Waals surface area contributed by atoms with Crippen LogP contribution in [-0.4, -0.2) is 35.1 Å². The van der Waals surface area contributed by atoms with E-state index in [0.717, 1.165) is 12.8 Å². The molecule has 2 rings (SSSR count). The lowest BCUT2D eigenvalue weighted by Crippen LogP contribution is -2.46. The lowest BCUT2D eigenvalue weighted by Gasteiger charge is -2.32. The molecule has 0 bridgehead atoms. The number of carbonyl (C=O) groups excluding carboxylic acids is 1. The molecule has 1 saturated carbocycles. The van der Waals surface area contributed by atoms with Crippen molar-refractivity contribution in [1.82, 2.24) is 10.2 Å². The highest BCUT2D eigenvalue weighted by Crippen LogP contribution is 2.27. The monoisotopic (exact) mass is 290 g/mol. The predicted molar refractivity (Wildman–Crippen MR) is 79.9 cm³/mol. The summed E-state index contributed by atoms with van der Waals surface area (Å²) >= 11 is 0. The zero-order valence-corrected chi connectivity index (χ0v) is 12.3. The van der Waals surface area contributed by atoms with E-state index in [1.54, 1.807) is 29.2 Å². The number of nitrogens with zero attached hydrogens (tertiary/aromatic N) is 1. The van der Waals surface area contributed by atoms with Crippen LogP contribution in [0.4, 0.5) is 4.79 Å². The van der Waals surface area contributed by atoms with E-state index in [4.69, 9.17) is 0 Å². The van der Waals surface area contributed by atoms with Gasteiger partial charge in [-0.1, -0.05) is 36.8 Å². The van der Waals surface area contributed by atoms with E-state index in [9.17, 15) is 14.7 Å². The largest absolute Gasteiger partial charge is 0.479 e. The molecule has 1 unspecified atom stereocenters. The van der Waals surface area contributed by atoms with Gasteiger partial charge in [-0.05, 0) is 31.2 Å². The summed E-state index contributed by atoms with van der Waals surface area (Å²) in [5, 5.41) is 12.0. The Hall–Kier alpha value is -2.04. The Balaban J connectivity index is 2.01. The zero-order chi connectivity index (χ0) is 15.2. The Labute approximate surface area is 125 Å². The maximum atomic E-state index is 12.3. The minimum Gasteiger partial charge on any atom is -0.479 e. The van der Waals surface area contributed by atoms with Gasteiger partial charge >= 0.3 is 12.0 Å². The Kier molecular flexibility index (Phi) is 5.20. The number of carboxylic acid groups (broad SMARTS) is 1. The summed E-state index contributed by atoms with van der Waals surface area (Å²) in [4.78, 5) is 25.4. The second-order valence-corrected chi connectivity index (χ2v) is 5.47. The summed E-state index contributed by atoms with van der Waals surface area (Å²) in [5.41, 5.74) is 0.582. The number of hydrogen-bond acceptors (Lipinski definition) is 2. The molecule has 0 aliphatic heterocycles. The van der Waals surface area contributed by atoms with E-state index in [1.807, 2.05) is 13.0 Å². The van der Waals surface area contributed by atoms with Crippen LogP contribution in [0.1, 0.15) is 37.8 Å². The van der Waals surface area contributed by atoms with E-state index in [1.165, 1.54) is 6.42 Å². The molecule has 1 aliphatic rings. The summed E-state index contributed by atoms with van der Waals surface area (Å²) < 4.78 is 0. The van der Waals surface area contributed by atoms with E-state index in [-0.39, 0.29) is 6.03 Å². The van der Waals surface area contributed by atoms with Crippen molar-refractivity contribution in [1.29, 1.82) is 0 Å². The van der Waals surface area contributed by atoms with Crippen molar-refractivity contribution in [3.63, 3.8) is 0 Å². The fraction of sp³-hybridized carbons (Fsp3) is 0.500. The maximum absolute atomic E-state index is 12.3. The van der Waals surface area contributed by atoms with Gasteiger partial charge in [-0.2, -0.15) is 0 Å². The van der Waals surface area contributed by atoms with Crippen LogP contribution in [0.25, 0.3) is 0 Å². The van der Waals surface area contributed by atoms with E-state index >= 15 is 0 Å². The Morgan fingerprint density at radius 2 is 2.00 bits per heavy atom. The van der Waals surface area contributed by atoms with Gasteiger partial charge in [-0.3, -0.25) is 0 Å². The van der Waals surface area contributed by atoms with Crippen molar-refractivity contribution in [2.45, 2.75) is 32.2 Å². The molecule has 2 amide bonds. The lowest BCUT2D eigenvalue weighted by atomic mass is 9.85. The van der Waals surface area contributed by atoms with Gasteiger partial charge in [0, 0.05) is 13.1 Å². The number of hydrogen-bond donors (Lipinski definition) is 2. The standard InChI is InChI=1S/C16H22N2O3/c1-2-18(11-12-7-6-8-12)16(21)17-14(15(19)20)13-9-4-3-5-10-13/h3-5,9-10,12,14H,2,6-8,11H2,1H3,(H,17,21)(H,19,20). The van der Waals surface area contributed by atoms with Crippen molar-refractivity contribution in [3.8, 4) is 0 Å². The molecule has 1 aliphatic carbocycles. The summed E-state index contributed by atoms with van der Waals surface area (Å²) in [6.07, 6.45) is 3.54. The number of carbonyl (C=O) groups is 2. The molecule has 21 heavy (non-hydrogen) atoms. The van der Waals surface area contributed by atoms with Crippen LogP contribution in [0.3, 0.4) is 0 Å². The molecule has 0 aromatic heterocycles. The number of urea groups is 1. The third kappa shape index (κ3) is 3.97. The highest BCUT2D eigenvalue weighted by Gasteiger charge is 2.27. The van der Waals surface area contributed by atoms with Crippen molar-refractivity contribution in [2.75, 3.05) is 13.1 Å². The quantitative estimate of drug-likeness (QED) is 0.846. The third-order valence-electron chi connectivity index (χ3n) is 4.02. The van der Waals surface area contributed by atoms with Crippen LogP contribution in [0.5, 0.6) is 0 Å². The average molecular weight is 290 g/mol. The molecule has 0 spiro atoms. The smallest absolute Gasteiger partial charge is 0.330 e. The third-order valence-corrected chi connectivity index (χ3v) is 4.02. The molecular weight excluding hydrogens is 268 g/mol. The molecule has 5 nitrogen and oxygen atoms in total. The second-order valence-electron chi connectivity index (χ2n) is 5.47. The summed E-state index contributed by atoms with van der Waals surface area (Å²) in [6.45, 7) is 3.21. The minimum absolute atomic E-state index is 0.305. The van der Waals surface area contributed by atoms with Crippen LogP contribution in [0.2, 0.25) is 0 Å². The highest BCUT2D eigenvalue weighted by atomic mass is 16.4. The summed E-state index contributed by atoms with van der Waals surface area (Å²) in [5.74, 6) is -0.482. The van der Waals surface area contributed by atoms with Gasteiger partial charge in [-0.25, -0.2) is 9.59 Å². The molecule has 1 aromatic carbocycles. The molecule has 1 fully saturated rings. The van der Waals surface area contributed by atoms with Crippen LogP contribution in [0, 0.1) is 5.92 Å².